The van der Waals surface area contributed by atoms with E-state index in [0.717, 1.165) is 5.56 Å². The van der Waals surface area contributed by atoms with Gasteiger partial charge in [0.25, 0.3) is 0 Å². The van der Waals surface area contributed by atoms with Crippen molar-refractivity contribution in [2.45, 2.75) is 45.2 Å². The molecule has 0 aliphatic carbocycles. The summed E-state index contributed by atoms with van der Waals surface area (Å²) in [5.74, 6) is -1.71. The summed E-state index contributed by atoms with van der Waals surface area (Å²) in [6.45, 7) is 7.65. The Hall–Kier alpha value is -1.88. The van der Waals surface area contributed by atoms with Gasteiger partial charge in [0.05, 0.1) is 12.0 Å². The van der Waals surface area contributed by atoms with Crippen LogP contribution in [0.4, 0.5) is 0 Å². The Balaban J connectivity index is 2.62. The average molecular weight is 292 g/mol. The van der Waals surface area contributed by atoms with Crippen LogP contribution < -0.4 is 10.6 Å². The molecule has 116 valence electrons. The van der Waals surface area contributed by atoms with Gasteiger partial charge in [-0.3, -0.25) is 9.59 Å². The molecule has 21 heavy (non-hydrogen) atoms. The van der Waals surface area contributed by atoms with Gasteiger partial charge in [0.15, 0.2) is 0 Å². The zero-order valence-corrected chi connectivity index (χ0v) is 13.0. The molecular weight excluding hydrogens is 268 g/mol. The zero-order chi connectivity index (χ0) is 16.0. The van der Waals surface area contributed by atoms with Crippen LogP contribution in [-0.4, -0.2) is 35.1 Å². The van der Waals surface area contributed by atoms with Crippen molar-refractivity contribution in [3.63, 3.8) is 0 Å². The first-order chi connectivity index (χ1) is 9.70. The van der Waals surface area contributed by atoms with Gasteiger partial charge in [-0.25, -0.2) is 0 Å². The van der Waals surface area contributed by atoms with E-state index < -0.39 is 17.9 Å². The van der Waals surface area contributed by atoms with Crippen molar-refractivity contribution in [3.05, 3.63) is 35.9 Å². The number of carboxylic acid groups (broad SMARTS) is 1. The largest absolute Gasteiger partial charge is 0.481 e. The summed E-state index contributed by atoms with van der Waals surface area (Å²) in [7, 11) is 0. The van der Waals surface area contributed by atoms with Gasteiger partial charge < -0.3 is 15.7 Å². The second kappa shape index (κ2) is 7.22. The van der Waals surface area contributed by atoms with Crippen molar-refractivity contribution >= 4 is 11.9 Å². The van der Waals surface area contributed by atoms with Crippen LogP contribution in [0.1, 0.15) is 39.2 Å². The third kappa shape index (κ3) is 5.95. The second-order valence-electron chi connectivity index (χ2n) is 6.17. The summed E-state index contributed by atoms with van der Waals surface area (Å²) in [5, 5.41) is 15.2. The quantitative estimate of drug-likeness (QED) is 0.746. The Morgan fingerprint density at radius 2 is 1.76 bits per heavy atom. The highest BCUT2D eigenvalue weighted by Gasteiger charge is 2.23. The molecule has 0 saturated heterocycles. The van der Waals surface area contributed by atoms with Gasteiger partial charge in [-0.15, -0.1) is 0 Å². The van der Waals surface area contributed by atoms with Crippen molar-refractivity contribution in [2.24, 2.45) is 0 Å². The molecule has 5 nitrogen and oxygen atoms in total. The monoisotopic (exact) mass is 292 g/mol. The average Bonchev–Trinajstić information content (AvgIpc) is 2.37. The lowest BCUT2D eigenvalue weighted by atomic mass is 9.99. The topological polar surface area (TPSA) is 78.4 Å². The summed E-state index contributed by atoms with van der Waals surface area (Å²) in [5.41, 5.74) is 0.416. The van der Waals surface area contributed by atoms with E-state index in [9.17, 15) is 14.7 Å². The van der Waals surface area contributed by atoms with Crippen LogP contribution in [0.3, 0.4) is 0 Å². The van der Waals surface area contributed by atoms with Crippen molar-refractivity contribution < 1.29 is 14.7 Å². The molecule has 0 saturated carbocycles. The fourth-order valence-electron chi connectivity index (χ4n) is 1.90. The standard InChI is InChI=1S/C16H24N2O3/c1-11(14(19)18-16(2,3)4)17-10-13(15(20)21)12-8-6-5-7-9-12/h5-9,11,13,17H,10H2,1-4H3,(H,18,19)(H,20,21). The molecule has 0 radical (unpaired) electrons. The number of benzene rings is 1. The maximum Gasteiger partial charge on any atom is 0.312 e. The molecule has 0 spiro atoms. The molecule has 2 atom stereocenters. The first-order valence-corrected chi connectivity index (χ1v) is 7.04. The molecule has 5 heteroatoms. The third-order valence-electron chi connectivity index (χ3n) is 3.02. The minimum Gasteiger partial charge on any atom is -0.481 e. The van der Waals surface area contributed by atoms with E-state index >= 15 is 0 Å². The predicted molar refractivity (Wildman–Crippen MR) is 82.2 cm³/mol. The summed E-state index contributed by atoms with van der Waals surface area (Å²) >= 11 is 0. The lowest BCUT2D eigenvalue weighted by Crippen LogP contribution is -2.50. The Morgan fingerprint density at radius 3 is 2.24 bits per heavy atom. The van der Waals surface area contributed by atoms with E-state index in [-0.39, 0.29) is 18.0 Å². The SMILES string of the molecule is CC(NCC(C(=O)O)c1ccccc1)C(=O)NC(C)(C)C. The second-order valence-corrected chi connectivity index (χ2v) is 6.17. The number of carbonyl (C=O) groups is 2. The molecule has 0 aromatic heterocycles. The maximum atomic E-state index is 12.0. The van der Waals surface area contributed by atoms with Gasteiger partial charge >= 0.3 is 5.97 Å². The van der Waals surface area contributed by atoms with E-state index in [2.05, 4.69) is 10.6 Å². The molecule has 0 aliphatic heterocycles. The smallest absolute Gasteiger partial charge is 0.312 e. The molecule has 0 aliphatic rings. The number of rotatable bonds is 6. The molecule has 0 fully saturated rings. The van der Waals surface area contributed by atoms with Crippen molar-refractivity contribution in [2.75, 3.05) is 6.54 Å². The van der Waals surface area contributed by atoms with Crippen LogP contribution in [0.5, 0.6) is 0 Å². The Kier molecular flexibility index (Phi) is 5.90. The number of hydrogen-bond acceptors (Lipinski definition) is 3. The van der Waals surface area contributed by atoms with E-state index in [1.54, 1.807) is 31.2 Å². The highest BCUT2D eigenvalue weighted by molar-refractivity contribution is 5.82. The molecule has 0 heterocycles. The minimum atomic E-state index is -0.905. The van der Waals surface area contributed by atoms with Gasteiger partial charge in [-0.1, -0.05) is 30.3 Å². The maximum absolute atomic E-state index is 12.0. The summed E-state index contributed by atoms with van der Waals surface area (Å²) in [6.07, 6.45) is 0. The van der Waals surface area contributed by atoms with Gasteiger partial charge in [0, 0.05) is 12.1 Å². The molecule has 2 unspecified atom stereocenters. The fourth-order valence-corrected chi connectivity index (χ4v) is 1.90. The van der Waals surface area contributed by atoms with Crippen LogP contribution >= 0.6 is 0 Å². The summed E-state index contributed by atoms with van der Waals surface area (Å²) < 4.78 is 0. The first-order valence-electron chi connectivity index (χ1n) is 7.04. The molecule has 1 aromatic rings. The zero-order valence-electron chi connectivity index (χ0n) is 13.0. The van der Waals surface area contributed by atoms with Gasteiger partial charge in [0.2, 0.25) is 5.91 Å². The van der Waals surface area contributed by atoms with E-state index in [1.807, 2.05) is 26.8 Å². The number of amides is 1. The summed E-state index contributed by atoms with van der Waals surface area (Å²) in [4.78, 5) is 23.3. The lowest BCUT2D eigenvalue weighted by molar-refractivity contribution is -0.139. The van der Waals surface area contributed by atoms with Crippen molar-refractivity contribution in [1.82, 2.24) is 10.6 Å². The van der Waals surface area contributed by atoms with Crippen LogP contribution in [-0.2, 0) is 9.59 Å². The number of carbonyl (C=O) groups excluding carboxylic acids is 1. The van der Waals surface area contributed by atoms with Gasteiger partial charge in [0.1, 0.15) is 0 Å². The molecule has 1 amide bonds. The highest BCUT2D eigenvalue weighted by atomic mass is 16.4. The molecule has 3 N–H and O–H groups in total. The van der Waals surface area contributed by atoms with Gasteiger partial charge in [-0.05, 0) is 33.3 Å². The van der Waals surface area contributed by atoms with E-state index in [4.69, 9.17) is 0 Å². The first kappa shape index (κ1) is 17.2. The van der Waals surface area contributed by atoms with E-state index in [0.29, 0.717) is 0 Å². The van der Waals surface area contributed by atoms with Crippen molar-refractivity contribution in [1.29, 1.82) is 0 Å². The number of aliphatic carboxylic acids is 1. The van der Waals surface area contributed by atoms with Crippen LogP contribution in [0.25, 0.3) is 0 Å². The van der Waals surface area contributed by atoms with Crippen LogP contribution in [0, 0.1) is 0 Å². The molecular formula is C16H24N2O3. The number of hydrogen-bond donors (Lipinski definition) is 3. The molecule has 0 bridgehead atoms. The molecule has 1 rings (SSSR count). The number of nitrogens with one attached hydrogen (secondary N) is 2. The fraction of sp³-hybridized carbons (Fsp3) is 0.500. The third-order valence-corrected chi connectivity index (χ3v) is 3.02. The summed E-state index contributed by atoms with van der Waals surface area (Å²) in [6, 6.07) is 8.56. The van der Waals surface area contributed by atoms with Crippen molar-refractivity contribution in [3.8, 4) is 0 Å². The Morgan fingerprint density at radius 1 is 1.19 bits per heavy atom. The van der Waals surface area contributed by atoms with Gasteiger partial charge in [-0.2, -0.15) is 0 Å². The predicted octanol–water partition coefficient (Wildman–Crippen LogP) is 1.75. The Labute approximate surface area is 125 Å². The normalized spacial score (nSPS) is 14.3. The van der Waals surface area contributed by atoms with Crippen LogP contribution in [0.2, 0.25) is 0 Å². The lowest BCUT2D eigenvalue weighted by Gasteiger charge is -2.24. The van der Waals surface area contributed by atoms with Crippen LogP contribution in [0.15, 0.2) is 30.3 Å². The Bertz CT molecular complexity index is 480. The molecule has 1 aromatic carbocycles. The minimum absolute atomic E-state index is 0.139. The number of carboxylic acids is 1. The van der Waals surface area contributed by atoms with E-state index in [1.165, 1.54) is 0 Å². The highest BCUT2D eigenvalue weighted by Crippen LogP contribution is 2.15.